The van der Waals surface area contributed by atoms with Crippen molar-refractivity contribution >= 4 is 43.0 Å². The van der Waals surface area contributed by atoms with Gasteiger partial charge in [-0.05, 0) is 49.2 Å². The molecule has 1 N–H and O–H groups in total. The Balaban J connectivity index is 1.45. The van der Waals surface area contributed by atoms with Gasteiger partial charge in [0.15, 0.2) is 0 Å². The zero-order valence-corrected chi connectivity index (χ0v) is 19.8. The van der Waals surface area contributed by atoms with Gasteiger partial charge in [-0.2, -0.15) is 4.31 Å². The Bertz CT molecular complexity index is 1070. The summed E-state index contributed by atoms with van der Waals surface area (Å²) >= 11 is 3.32. The zero-order valence-electron chi connectivity index (χ0n) is 17.4. The van der Waals surface area contributed by atoms with Crippen LogP contribution in [0, 0.1) is 10.1 Å². The topological polar surface area (TPSA) is 105 Å². The van der Waals surface area contributed by atoms with E-state index in [1.54, 1.807) is 36.4 Å². The first-order valence-corrected chi connectivity index (χ1v) is 12.7. The number of halogens is 1. The van der Waals surface area contributed by atoms with Crippen molar-refractivity contribution in [3.05, 3.63) is 57.1 Å². The minimum atomic E-state index is -3.56. The number of ether oxygens (including phenoxy) is 1. The van der Waals surface area contributed by atoms with Crippen molar-refractivity contribution in [2.24, 2.45) is 0 Å². The van der Waals surface area contributed by atoms with Crippen LogP contribution in [0.1, 0.15) is 12.8 Å². The van der Waals surface area contributed by atoms with E-state index in [9.17, 15) is 18.5 Å². The van der Waals surface area contributed by atoms with Gasteiger partial charge in [0.05, 0.1) is 15.9 Å². The molecule has 0 aromatic heterocycles. The fraction of sp³-hybridized carbons (Fsp3) is 0.429. The Hall–Kier alpha value is -2.21. The average molecular weight is 525 g/mol. The quantitative estimate of drug-likeness (QED) is 0.436. The van der Waals surface area contributed by atoms with E-state index < -0.39 is 14.9 Å². The molecule has 0 spiro atoms. The van der Waals surface area contributed by atoms with Crippen molar-refractivity contribution < 1.29 is 18.1 Å². The van der Waals surface area contributed by atoms with Crippen molar-refractivity contribution in [1.29, 1.82) is 0 Å². The van der Waals surface area contributed by atoms with E-state index in [4.69, 9.17) is 4.74 Å². The Morgan fingerprint density at radius 1 is 1.12 bits per heavy atom. The lowest BCUT2D eigenvalue weighted by Crippen LogP contribution is -2.48. The number of hydrogen-bond donors (Lipinski definition) is 1. The molecule has 2 aromatic rings. The number of anilines is 2. The zero-order chi connectivity index (χ0) is 22.7. The second-order valence-corrected chi connectivity index (χ2v) is 10.7. The first-order valence-electron chi connectivity index (χ1n) is 10.5. The summed E-state index contributed by atoms with van der Waals surface area (Å²) in [5.41, 5.74) is 1.29. The van der Waals surface area contributed by atoms with Crippen molar-refractivity contribution in [2.45, 2.75) is 23.8 Å². The van der Waals surface area contributed by atoms with Gasteiger partial charge in [-0.25, -0.2) is 8.42 Å². The largest absolute Gasteiger partial charge is 0.377 e. The number of nitrogens with zero attached hydrogens (tertiary/aromatic N) is 3. The van der Waals surface area contributed by atoms with Gasteiger partial charge in [0.1, 0.15) is 5.69 Å². The van der Waals surface area contributed by atoms with Crippen LogP contribution in [0.2, 0.25) is 0 Å². The van der Waals surface area contributed by atoms with Crippen LogP contribution < -0.4 is 10.2 Å². The van der Waals surface area contributed by atoms with Crippen LogP contribution in [0.4, 0.5) is 17.1 Å². The highest BCUT2D eigenvalue weighted by atomic mass is 79.9. The minimum absolute atomic E-state index is 0.0169. The van der Waals surface area contributed by atoms with Crippen molar-refractivity contribution in [2.75, 3.05) is 49.5 Å². The van der Waals surface area contributed by atoms with E-state index in [-0.39, 0.29) is 16.7 Å². The van der Waals surface area contributed by atoms with E-state index in [2.05, 4.69) is 26.1 Å². The summed E-state index contributed by atoms with van der Waals surface area (Å²) in [4.78, 5) is 13.4. The molecule has 2 saturated heterocycles. The molecule has 11 heteroatoms. The van der Waals surface area contributed by atoms with Crippen LogP contribution in [0.3, 0.4) is 0 Å². The number of sulfonamides is 1. The number of nitro groups is 1. The molecule has 0 amide bonds. The average Bonchev–Trinajstić information content (AvgIpc) is 3.31. The molecule has 0 saturated carbocycles. The fourth-order valence-corrected chi connectivity index (χ4v) is 5.68. The molecule has 172 valence electrons. The van der Waals surface area contributed by atoms with E-state index in [0.717, 1.165) is 29.6 Å². The van der Waals surface area contributed by atoms with E-state index >= 15 is 0 Å². The smallest absolute Gasteiger partial charge is 0.292 e. The molecular formula is C21H25BrN4O5S. The van der Waals surface area contributed by atoms with Gasteiger partial charge in [-0.15, -0.1) is 0 Å². The van der Waals surface area contributed by atoms with Gasteiger partial charge >= 0.3 is 0 Å². The summed E-state index contributed by atoms with van der Waals surface area (Å²) < 4.78 is 33.7. The van der Waals surface area contributed by atoms with Gasteiger partial charge in [0, 0.05) is 55.6 Å². The molecule has 0 unspecified atom stereocenters. The molecule has 1 atom stereocenters. The summed E-state index contributed by atoms with van der Waals surface area (Å²) in [7, 11) is -3.56. The number of benzene rings is 2. The van der Waals surface area contributed by atoms with Crippen molar-refractivity contribution in [1.82, 2.24) is 4.31 Å². The third kappa shape index (κ3) is 5.06. The lowest BCUT2D eigenvalue weighted by Gasteiger charge is -2.35. The highest BCUT2D eigenvalue weighted by molar-refractivity contribution is 9.10. The molecule has 2 fully saturated rings. The van der Waals surface area contributed by atoms with Gasteiger partial charge in [-0.3, -0.25) is 10.1 Å². The number of nitro benzene ring substituents is 1. The van der Waals surface area contributed by atoms with Crippen LogP contribution in [0.25, 0.3) is 0 Å². The summed E-state index contributed by atoms with van der Waals surface area (Å²) in [6.45, 7) is 2.92. The van der Waals surface area contributed by atoms with Crippen molar-refractivity contribution in [3.8, 4) is 0 Å². The van der Waals surface area contributed by atoms with Crippen LogP contribution in [0.5, 0.6) is 0 Å². The summed E-state index contributed by atoms with van der Waals surface area (Å²) in [5.74, 6) is 0. The number of hydrogen-bond acceptors (Lipinski definition) is 7. The molecule has 4 rings (SSSR count). The predicted molar refractivity (Wildman–Crippen MR) is 126 cm³/mol. The summed E-state index contributed by atoms with van der Waals surface area (Å²) in [5, 5.41) is 14.6. The molecule has 2 aliphatic heterocycles. The molecule has 32 heavy (non-hydrogen) atoms. The second kappa shape index (κ2) is 9.74. The lowest BCUT2D eigenvalue weighted by atomic mass is 10.2. The normalized spacial score (nSPS) is 19.8. The lowest BCUT2D eigenvalue weighted by molar-refractivity contribution is -0.383. The van der Waals surface area contributed by atoms with Gasteiger partial charge in [-0.1, -0.05) is 15.9 Å². The fourth-order valence-electron chi connectivity index (χ4n) is 3.99. The molecule has 9 nitrogen and oxygen atoms in total. The predicted octanol–water partition coefficient (Wildman–Crippen LogP) is 3.46. The van der Waals surface area contributed by atoms with Crippen LogP contribution >= 0.6 is 15.9 Å². The number of rotatable bonds is 7. The first-order chi connectivity index (χ1) is 15.3. The molecule has 0 aliphatic carbocycles. The van der Waals surface area contributed by atoms with Crippen LogP contribution in [-0.4, -0.2) is 63.1 Å². The first kappa shape index (κ1) is 23.0. The Kier molecular flexibility index (Phi) is 6.99. The summed E-state index contributed by atoms with van der Waals surface area (Å²) in [6.07, 6.45) is 2.00. The maximum absolute atomic E-state index is 12.9. The Morgan fingerprint density at radius 2 is 1.84 bits per heavy atom. The Morgan fingerprint density at radius 3 is 2.47 bits per heavy atom. The van der Waals surface area contributed by atoms with E-state index in [1.165, 1.54) is 10.4 Å². The standard InChI is InChI=1S/C21H25BrN4O5S/c22-16-3-6-19(7-4-16)32(29,30)25-11-9-24(10-12-25)17-5-8-21(26(27)28)20(14-17)23-15-18-2-1-13-31-18/h3-8,14,18,23H,1-2,9-13,15H2/t18-/m0/s1. The third-order valence-electron chi connectivity index (χ3n) is 5.78. The summed E-state index contributed by atoms with van der Waals surface area (Å²) in [6, 6.07) is 11.6. The maximum Gasteiger partial charge on any atom is 0.292 e. The third-order valence-corrected chi connectivity index (χ3v) is 8.22. The van der Waals surface area contributed by atoms with E-state index in [0.29, 0.717) is 38.4 Å². The van der Waals surface area contributed by atoms with Crippen LogP contribution in [0.15, 0.2) is 51.8 Å². The molecular weight excluding hydrogens is 500 g/mol. The molecule has 2 aliphatic rings. The highest BCUT2D eigenvalue weighted by Gasteiger charge is 2.29. The molecule has 0 bridgehead atoms. The second-order valence-electron chi connectivity index (χ2n) is 7.82. The molecule has 2 heterocycles. The minimum Gasteiger partial charge on any atom is -0.377 e. The van der Waals surface area contributed by atoms with Crippen molar-refractivity contribution in [3.63, 3.8) is 0 Å². The SMILES string of the molecule is O=[N+]([O-])c1ccc(N2CCN(S(=O)(=O)c3ccc(Br)cc3)CC2)cc1NC[C@@H]1CCCO1. The number of nitrogens with one attached hydrogen (secondary N) is 1. The van der Waals surface area contributed by atoms with Gasteiger partial charge in [0.2, 0.25) is 10.0 Å². The van der Waals surface area contributed by atoms with Gasteiger partial charge < -0.3 is 15.0 Å². The maximum atomic E-state index is 12.9. The monoisotopic (exact) mass is 524 g/mol. The van der Waals surface area contributed by atoms with Crippen LogP contribution in [-0.2, 0) is 14.8 Å². The Labute approximate surface area is 195 Å². The number of piperazine rings is 1. The van der Waals surface area contributed by atoms with Gasteiger partial charge in [0.25, 0.3) is 5.69 Å². The van der Waals surface area contributed by atoms with E-state index in [1.807, 2.05) is 0 Å². The molecule has 0 radical (unpaired) electrons. The highest BCUT2D eigenvalue weighted by Crippen LogP contribution is 2.31. The molecule has 2 aromatic carbocycles.